The summed E-state index contributed by atoms with van der Waals surface area (Å²) in [4.78, 5) is 14.6. The standard InChI is InChI=1S/C16H22N2OS/c1-11-3-5-13(6-4-11)15-17-12(2)16(19)18(15)14-7-9-20-10-8-14/h3-6,12,14-15,17H,7-10H2,1-2H3. The molecule has 0 radical (unpaired) electrons. The van der Waals surface area contributed by atoms with E-state index in [0.29, 0.717) is 6.04 Å². The van der Waals surface area contributed by atoms with Crippen LogP contribution < -0.4 is 5.32 Å². The van der Waals surface area contributed by atoms with Crippen LogP contribution in [0.5, 0.6) is 0 Å². The number of nitrogens with one attached hydrogen (secondary N) is 1. The highest BCUT2D eigenvalue weighted by Gasteiger charge is 2.41. The van der Waals surface area contributed by atoms with Gasteiger partial charge in [-0.3, -0.25) is 10.1 Å². The number of aryl methyl sites for hydroxylation is 1. The molecule has 3 rings (SSSR count). The summed E-state index contributed by atoms with van der Waals surface area (Å²) in [5.41, 5.74) is 2.46. The van der Waals surface area contributed by atoms with Crippen LogP contribution in [0.3, 0.4) is 0 Å². The number of nitrogens with zero attached hydrogens (tertiary/aromatic N) is 1. The molecule has 1 aromatic rings. The lowest BCUT2D eigenvalue weighted by Gasteiger charge is -2.35. The third kappa shape index (κ3) is 2.59. The van der Waals surface area contributed by atoms with E-state index in [1.54, 1.807) is 0 Å². The van der Waals surface area contributed by atoms with Crippen LogP contribution in [0.15, 0.2) is 24.3 Å². The van der Waals surface area contributed by atoms with E-state index in [-0.39, 0.29) is 18.1 Å². The van der Waals surface area contributed by atoms with Crippen molar-refractivity contribution in [2.24, 2.45) is 0 Å². The Morgan fingerprint density at radius 3 is 2.50 bits per heavy atom. The second-order valence-electron chi connectivity index (χ2n) is 5.79. The zero-order valence-corrected chi connectivity index (χ0v) is 13.0. The van der Waals surface area contributed by atoms with E-state index >= 15 is 0 Å². The number of carbonyl (C=O) groups is 1. The molecule has 2 atom stereocenters. The fraction of sp³-hybridized carbons (Fsp3) is 0.562. The molecule has 108 valence electrons. The highest BCUT2D eigenvalue weighted by Crippen LogP contribution is 2.32. The quantitative estimate of drug-likeness (QED) is 0.909. The molecule has 2 fully saturated rings. The first kappa shape index (κ1) is 14.0. The summed E-state index contributed by atoms with van der Waals surface area (Å²) in [6, 6.07) is 8.85. The van der Waals surface area contributed by atoms with Crippen molar-refractivity contribution in [2.45, 2.75) is 44.9 Å². The fourth-order valence-corrected chi connectivity index (χ4v) is 4.18. The van der Waals surface area contributed by atoms with Gasteiger partial charge in [0.25, 0.3) is 0 Å². The van der Waals surface area contributed by atoms with Crippen molar-refractivity contribution in [1.82, 2.24) is 10.2 Å². The fourth-order valence-electron chi connectivity index (χ4n) is 3.10. The van der Waals surface area contributed by atoms with Crippen LogP contribution in [0.25, 0.3) is 0 Å². The van der Waals surface area contributed by atoms with Gasteiger partial charge in [0.05, 0.1) is 6.04 Å². The van der Waals surface area contributed by atoms with Crippen LogP contribution in [0.4, 0.5) is 0 Å². The maximum Gasteiger partial charge on any atom is 0.241 e. The van der Waals surface area contributed by atoms with Gasteiger partial charge >= 0.3 is 0 Å². The second-order valence-corrected chi connectivity index (χ2v) is 7.02. The van der Waals surface area contributed by atoms with Crippen LogP contribution in [0.2, 0.25) is 0 Å². The minimum absolute atomic E-state index is 0.0474. The van der Waals surface area contributed by atoms with Crippen LogP contribution in [-0.4, -0.2) is 34.4 Å². The smallest absolute Gasteiger partial charge is 0.241 e. The number of hydrogen-bond acceptors (Lipinski definition) is 3. The summed E-state index contributed by atoms with van der Waals surface area (Å²) in [7, 11) is 0. The molecule has 2 aliphatic rings. The van der Waals surface area contributed by atoms with Gasteiger partial charge in [-0.1, -0.05) is 29.8 Å². The Morgan fingerprint density at radius 1 is 1.20 bits per heavy atom. The molecule has 20 heavy (non-hydrogen) atoms. The largest absolute Gasteiger partial charge is 0.319 e. The molecule has 4 heteroatoms. The predicted molar refractivity (Wildman–Crippen MR) is 83.7 cm³/mol. The highest BCUT2D eigenvalue weighted by atomic mass is 32.2. The van der Waals surface area contributed by atoms with Crippen LogP contribution in [0, 0.1) is 6.92 Å². The van der Waals surface area contributed by atoms with E-state index in [0.717, 1.165) is 12.8 Å². The van der Waals surface area contributed by atoms with E-state index in [1.165, 1.54) is 22.6 Å². The Morgan fingerprint density at radius 2 is 1.85 bits per heavy atom. The van der Waals surface area contributed by atoms with Gasteiger partial charge in [-0.05, 0) is 43.8 Å². The van der Waals surface area contributed by atoms with Gasteiger partial charge < -0.3 is 4.90 Å². The summed E-state index contributed by atoms with van der Waals surface area (Å²) in [6.07, 6.45) is 2.28. The first-order valence-corrected chi connectivity index (χ1v) is 8.55. The summed E-state index contributed by atoms with van der Waals surface area (Å²) in [5.74, 6) is 2.60. The summed E-state index contributed by atoms with van der Waals surface area (Å²) in [5, 5.41) is 3.46. The molecule has 0 aliphatic carbocycles. The zero-order chi connectivity index (χ0) is 14.1. The average molecular weight is 290 g/mol. The summed E-state index contributed by atoms with van der Waals surface area (Å²) < 4.78 is 0. The Bertz CT molecular complexity index is 482. The third-order valence-corrected chi connectivity index (χ3v) is 5.34. The number of carbonyl (C=O) groups excluding carboxylic acids is 1. The normalized spacial score (nSPS) is 28.1. The van der Waals surface area contributed by atoms with Crippen molar-refractivity contribution < 1.29 is 4.79 Å². The lowest BCUT2D eigenvalue weighted by atomic mass is 10.1. The number of thioether (sulfide) groups is 1. The summed E-state index contributed by atoms with van der Waals surface area (Å²) in [6.45, 7) is 4.07. The molecule has 0 aromatic heterocycles. The molecule has 2 saturated heterocycles. The number of hydrogen-bond donors (Lipinski definition) is 1. The van der Waals surface area contributed by atoms with Gasteiger partial charge in [0.1, 0.15) is 6.17 Å². The minimum atomic E-state index is -0.0733. The molecular formula is C16H22N2OS. The molecule has 0 spiro atoms. The van der Waals surface area contributed by atoms with Gasteiger partial charge in [0.15, 0.2) is 0 Å². The molecule has 3 nitrogen and oxygen atoms in total. The SMILES string of the molecule is Cc1ccc(C2NC(C)C(=O)N2C2CCSCC2)cc1. The van der Waals surface area contributed by atoms with E-state index in [9.17, 15) is 4.79 Å². The van der Waals surface area contributed by atoms with Crippen molar-refractivity contribution in [2.75, 3.05) is 11.5 Å². The molecule has 0 bridgehead atoms. The molecule has 1 N–H and O–H groups in total. The molecule has 2 aliphatic heterocycles. The van der Waals surface area contributed by atoms with E-state index in [4.69, 9.17) is 0 Å². The monoisotopic (exact) mass is 290 g/mol. The lowest BCUT2D eigenvalue weighted by molar-refractivity contribution is -0.132. The molecular weight excluding hydrogens is 268 g/mol. The highest BCUT2D eigenvalue weighted by molar-refractivity contribution is 7.99. The van der Waals surface area contributed by atoms with Gasteiger partial charge in [0.2, 0.25) is 5.91 Å². The predicted octanol–water partition coefficient (Wildman–Crippen LogP) is 2.71. The second kappa shape index (κ2) is 5.78. The van der Waals surface area contributed by atoms with Gasteiger partial charge in [-0.2, -0.15) is 11.8 Å². The third-order valence-electron chi connectivity index (χ3n) is 4.29. The van der Waals surface area contributed by atoms with Crippen molar-refractivity contribution >= 4 is 17.7 Å². The van der Waals surface area contributed by atoms with Crippen LogP contribution in [-0.2, 0) is 4.79 Å². The maximum atomic E-state index is 12.5. The number of rotatable bonds is 2. The van der Waals surface area contributed by atoms with Crippen molar-refractivity contribution in [3.05, 3.63) is 35.4 Å². The minimum Gasteiger partial charge on any atom is -0.319 e. The Labute approximate surface area is 125 Å². The lowest BCUT2D eigenvalue weighted by Crippen LogP contribution is -2.42. The van der Waals surface area contributed by atoms with Crippen LogP contribution in [0.1, 0.15) is 37.1 Å². The summed E-state index contributed by atoms with van der Waals surface area (Å²) >= 11 is 2.00. The van der Waals surface area contributed by atoms with E-state index in [1.807, 2.05) is 18.7 Å². The maximum absolute atomic E-state index is 12.5. The number of benzene rings is 1. The first-order chi connectivity index (χ1) is 9.66. The van der Waals surface area contributed by atoms with Crippen molar-refractivity contribution in [1.29, 1.82) is 0 Å². The molecule has 2 heterocycles. The van der Waals surface area contributed by atoms with Gasteiger partial charge in [-0.15, -0.1) is 0 Å². The average Bonchev–Trinajstić information content (AvgIpc) is 2.77. The van der Waals surface area contributed by atoms with Crippen molar-refractivity contribution in [3.8, 4) is 0 Å². The first-order valence-electron chi connectivity index (χ1n) is 7.39. The Hall–Kier alpha value is -1.00. The van der Waals surface area contributed by atoms with Gasteiger partial charge in [0, 0.05) is 6.04 Å². The topological polar surface area (TPSA) is 32.3 Å². The molecule has 1 aromatic carbocycles. The Balaban J connectivity index is 1.87. The molecule has 0 saturated carbocycles. The van der Waals surface area contributed by atoms with E-state index < -0.39 is 0 Å². The number of amides is 1. The molecule has 2 unspecified atom stereocenters. The van der Waals surface area contributed by atoms with Gasteiger partial charge in [-0.25, -0.2) is 0 Å². The zero-order valence-electron chi connectivity index (χ0n) is 12.1. The van der Waals surface area contributed by atoms with E-state index in [2.05, 4.69) is 41.4 Å². The van der Waals surface area contributed by atoms with Crippen LogP contribution >= 0.6 is 11.8 Å². The molecule has 1 amide bonds. The Kier molecular flexibility index (Phi) is 4.03. The van der Waals surface area contributed by atoms with Crippen molar-refractivity contribution in [3.63, 3.8) is 0 Å².